The van der Waals surface area contributed by atoms with Gasteiger partial charge >= 0.3 is 0 Å². The lowest BCUT2D eigenvalue weighted by Gasteiger charge is -2.54. The molecular weight excluding hydrogens is 244 g/mol. The Labute approximate surface area is 124 Å². The van der Waals surface area contributed by atoms with Crippen molar-refractivity contribution in [3.8, 4) is 0 Å². The minimum Gasteiger partial charge on any atom is -0.393 e. The van der Waals surface area contributed by atoms with Crippen LogP contribution in [-0.2, 0) is 0 Å². The first-order valence-electron chi connectivity index (χ1n) is 8.55. The maximum absolute atomic E-state index is 10.1. The van der Waals surface area contributed by atoms with Gasteiger partial charge in [-0.25, -0.2) is 0 Å². The topological polar surface area (TPSA) is 20.2 Å². The summed E-state index contributed by atoms with van der Waals surface area (Å²) in [6.45, 7) is 14.2. The van der Waals surface area contributed by atoms with E-state index in [1.165, 1.54) is 32.1 Å². The van der Waals surface area contributed by atoms with Crippen LogP contribution in [0, 0.1) is 28.1 Å². The van der Waals surface area contributed by atoms with Crippen molar-refractivity contribution < 1.29 is 5.11 Å². The molecule has 1 spiro atoms. The van der Waals surface area contributed by atoms with Gasteiger partial charge in [0.1, 0.15) is 0 Å². The summed E-state index contributed by atoms with van der Waals surface area (Å²) in [5.74, 6) is 1.20. The molecule has 0 amide bonds. The van der Waals surface area contributed by atoms with Crippen LogP contribution in [0.1, 0.15) is 73.6 Å². The summed E-state index contributed by atoms with van der Waals surface area (Å²) in [4.78, 5) is 0. The molecule has 2 saturated carbocycles. The first-order valence-corrected chi connectivity index (χ1v) is 8.55. The first-order chi connectivity index (χ1) is 9.13. The monoisotopic (exact) mass is 276 g/mol. The van der Waals surface area contributed by atoms with E-state index < -0.39 is 0 Å². The molecule has 0 aromatic heterocycles. The van der Waals surface area contributed by atoms with Crippen LogP contribution in [0.15, 0.2) is 11.1 Å². The quantitative estimate of drug-likeness (QED) is 0.708. The molecular formula is C19H32O. The van der Waals surface area contributed by atoms with Gasteiger partial charge in [0.2, 0.25) is 0 Å². The first kappa shape index (κ1) is 14.6. The molecule has 0 aliphatic heterocycles. The summed E-state index contributed by atoms with van der Waals surface area (Å²) in [5, 5.41) is 10.1. The minimum absolute atomic E-state index is 0.217. The Morgan fingerprint density at radius 3 is 2.35 bits per heavy atom. The number of hydrogen-bond donors (Lipinski definition) is 1. The van der Waals surface area contributed by atoms with Crippen LogP contribution in [0.4, 0.5) is 0 Å². The fourth-order valence-corrected chi connectivity index (χ4v) is 5.94. The Morgan fingerprint density at radius 1 is 1.10 bits per heavy atom. The Balaban J connectivity index is 2.19. The summed E-state index contributed by atoms with van der Waals surface area (Å²) in [6, 6.07) is 0. The molecule has 1 N–H and O–H groups in total. The second-order valence-electron chi connectivity index (χ2n) is 9.06. The standard InChI is InChI=1S/C19H32O/c1-12(13(2)20)15-8-9-17(3,4)19-10-7-14(11-19)18(5,6)16(15)19/h12-14,20H,7-11H2,1-6H3/t12?,13?,14-,19-/m0/s1. The highest BCUT2D eigenvalue weighted by atomic mass is 16.3. The zero-order valence-corrected chi connectivity index (χ0v) is 14.2. The highest BCUT2D eigenvalue weighted by Gasteiger charge is 2.65. The van der Waals surface area contributed by atoms with Crippen LogP contribution in [0.25, 0.3) is 0 Å². The Morgan fingerprint density at radius 2 is 1.75 bits per heavy atom. The van der Waals surface area contributed by atoms with E-state index >= 15 is 0 Å². The van der Waals surface area contributed by atoms with E-state index in [-0.39, 0.29) is 6.10 Å². The molecule has 0 aromatic rings. The van der Waals surface area contributed by atoms with Gasteiger partial charge in [0, 0.05) is 5.92 Å². The van der Waals surface area contributed by atoms with Crippen molar-refractivity contribution in [2.24, 2.45) is 28.1 Å². The number of fused-ring (bicyclic) bond motifs is 1. The van der Waals surface area contributed by atoms with Crippen LogP contribution in [0.5, 0.6) is 0 Å². The largest absolute Gasteiger partial charge is 0.393 e. The normalized spacial score (nSPS) is 40.6. The van der Waals surface area contributed by atoms with E-state index in [0.717, 1.165) is 5.92 Å². The zero-order valence-electron chi connectivity index (χ0n) is 14.2. The van der Waals surface area contributed by atoms with Gasteiger partial charge < -0.3 is 5.11 Å². The van der Waals surface area contributed by atoms with Crippen molar-refractivity contribution in [3.05, 3.63) is 11.1 Å². The Hall–Kier alpha value is -0.300. The SMILES string of the molecule is CC(O)C(C)C1=C2C(C)(C)[C@H]3CC[C@@]2(C3)C(C)(C)CC1. The third kappa shape index (κ3) is 1.59. The Bertz CT molecular complexity index is 454. The summed E-state index contributed by atoms with van der Waals surface area (Å²) in [5.41, 5.74) is 4.62. The van der Waals surface area contributed by atoms with Gasteiger partial charge in [-0.2, -0.15) is 0 Å². The van der Waals surface area contributed by atoms with Gasteiger partial charge in [-0.3, -0.25) is 0 Å². The van der Waals surface area contributed by atoms with Crippen molar-refractivity contribution in [2.75, 3.05) is 0 Å². The third-order valence-electron chi connectivity index (χ3n) is 7.57. The van der Waals surface area contributed by atoms with E-state index in [9.17, 15) is 5.11 Å². The molecule has 2 unspecified atom stereocenters. The molecule has 114 valence electrons. The van der Waals surface area contributed by atoms with E-state index in [2.05, 4.69) is 34.6 Å². The number of allylic oxidation sites excluding steroid dienone is 1. The molecule has 2 fully saturated rings. The van der Waals surface area contributed by atoms with E-state index in [1.807, 2.05) is 6.92 Å². The molecule has 0 radical (unpaired) electrons. The smallest absolute Gasteiger partial charge is 0.0574 e. The van der Waals surface area contributed by atoms with Crippen LogP contribution in [0.3, 0.4) is 0 Å². The van der Waals surface area contributed by atoms with Gasteiger partial charge in [-0.05, 0) is 61.2 Å². The molecule has 3 aliphatic carbocycles. The summed E-state index contributed by atoms with van der Waals surface area (Å²) < 4.78 is 0. The summed E-state index contributed by atoms with van der Waals surface area (Å²) >= 11 is 0. The fraction of sp³-hybridized carbons (Fsp3) is 0.895. The van der Waals surface area contributed by atoms with Gasteiger partial charge in [0.15, 0.2) is 0 Å². The van der Waals surface area contributed by atoms with Crippen molar-refractivity contribution in [1.29, 1.82) is 0 Å². The van der Waals surface area contributed by atoms with Crippen LogP contribution in [-0.4, -0.2) is 11.2 Å². The van der Waals surface area contributed by atoms with Crippen molar-refractivity contribution in [1.82, 2.24) is 0 Å². The average Bonchev–Trinajstić information content (AvgIpc) is 2.86. The maximum Gasteiger partial charge on any atom is 0.0574 e. The van der Waals surface area contributed by atoms with E-state index in [1.54, 1.807) is 11.1 Å². The van der Waals surface area contributed by atoms with Crippen molar-refractivity contribution >= 4 is 0 Å². The minimum atomic E-state index is -0.217. The highest BCUT2D eigenvalue weighted by molar-refractivity contribution is 5.42. The summed E-state index contributed by atoms with van der Waals surface area (Å²) in [6.07, 6.45) is 6.48. The zero-order chi connectivity index (χ0) is 14.9. The molecule has 4 atom stereocenters. The molecule has 0 heterocycles. The second kappa shape index (κ2) is 4.12. The second-order valence-corrected chi connectivity index (χ2v) is 9.06. The lowest BCUT2D eigenvalue weighted by molar-refractivity contribution is 0.0736. The van der Waals surface area contributed by atoms with Crippen molar-refractivity contribution in [2.45, 2.75) is 79.8 Å². The van der Waals surface area contributed by atoms with E-state index in [0.29, 0.717) is 22.2 Å². The number of aliphatic hydroxyl groups excluding tert-OH is 1. The molecule has 3 rings (SSSR count). The number of aliphatic hydroxyl groups is 1. The molecule has 2 bridgehead atoms. The lowest BCUT2D eigenvalue weighted by atomic mass is 9.51. The molecule has 20 heavy (non-hydrogen) atoms. The molecule has 1 nitrogen and oxygen atoms in total. The lowest BCUT2D eigenvalue weighted by Crippen LogP contribution is -2.44. The fourth-order valence-electron chi connectivity index (χ4n) is 5.94. The molecule has 3 aliphatic rings. The average molecular weight is 276 g/mol. The predicted octanol–water partition coefficient (Wildman–Crippen LogP) is 4.95. The number of rotatable bonds is 2. The van der Waals surface area contributed by atoms with E-state index in [4.69, 9.17) is 0 Å². The van der Waals surface area contributed by atoms with Crippen LogP contribution >= 0.6 is 0 Å². The number of hydrogen-bond acceptors (Lipinski definition) is 1. The van der Waals surface area contributed by atoms with Gasteiger partial charge in [-0.15, -0.1) is 0 Å². The van der Waals surface area contributed by atoms with Crippen LogP contribution < -0.4 is 0 Å². The van der Waals surface area contributed by atoms with Gasteiger partial charge in [-0.1, -0.05) is 45.8 Å². The maximum atomic E-state index is 10.1. The highest BCUT2D eigenvalue weighted by Crippen LogP contribution is 2.75. The molecule has 0 aromatic carbocycles. The third-order valence-corrected chi connectivity index (χ3v) is 7.57. The Kier molecular flexibility index (Phi) is 3.02. The predicted molar refractivity (Wildman–Crippen MR) is 84.4 cm³/mol. The van der Waals surface area contributed by atoms with Crippen molar-refractivity contribution in [3.63, 3.8) is 0 Å². The van der Waals surface area contributed by atoms with Gasteiger partial charge in [0.25, 0.3) is 0 Å². The molecule has 0 saturated heterocycles. The van der Waals surface area contributed by atoms with Gasteiger partial charge in [0.05, 0.1) is 6.10 Å². The molecule has 1 heteroatoms. The summed E-state index contributed by atoms with van der Waals surface area (Å²) in [7, 11) is 0. The van der Waals surface area contributed by atoms with Crippen LogP contribution in [0.2, 0.25) is 0 Å².